The first-order valence-electron chi connectivity index (χ1n) is 22.2. The molecule has 1 aliphatic rings. The van der Waals surface area contributed by atoms with Gasteiger partial charge in [0, 0.05) is 17.1 Å². The summed E-state index contributed by atoms with van der Waals surface area (Å²) in [6.07, 6.45) is 1.13. The number of hydrogen-bond donors (Lipinski definition) is 0. The van der Waals surface area contributed by atoms with Gasteiger partial charge >= 0.3 is 0 Å². The zero-order chi connectivity index (χ0) is 43.1. The van der Waals surface area contributed by atoms with Crippen molar-refractivity contribution in [2.45, 2.75) is 71.1 Å². The molecule has 0 fully saturated rings. The molecule has 0 saturated carbocycles. The van der Waals surface area contributed by atoms with Crippen molar-refractivity contribution in [3.8, 4) is 33.8 Å². The molecule has 9 rings (SSSR count). The topological polar surface area (TPSA) is 12.5 Å². The second-order valence-electron chi connectivity index (χ2n) is 19.1. The molecule has 0 aliphatic heterocycles. The lowest BCUT2D eigenvalue weighted by Gasteiger charge is -2.35. The van der Waals surface area contributed by atoms with E-state index in [0.29, 0.717) is 5.92 Å². The van der Waals surface area contributed by atoms with Crippen LogP contribution in [0.2, 0.25) is 0 Å². The normalized spacial score (nSPS) is 14.6. The molecular formula is C60H57NO. The fourth-order valence-electron chi connectivity index (χ4n) is 9.89. The van der Waals surface area contributed by atoms with Crippen LogP contribution in [-0.4, -0.2) is 0 Å². The maximum Gasteiger partial charge on any atom is 0.127 e. The summed E-state index contributed by atoms with van der Waals surface area (Å²) in [6, 6.07) is 73.3. The lowest BCUT2D eigenvalue weighted by atomic mass is 9.67. The molecule has 1 aliphatic carbocycles. The van der Waals surface area contributed by atoms with Gasteiger partial charge in [0.15, 0.2) is 0 Å². The van der Waals surface area contributed by atoms with Crippen molar-refractivity contribution in [3.63, 3.8) is 0 Å². The van der Waals surface area contributed by atoms with Crippen molar-refractivity contribution < 1.29 is 4.74 Å². The van der Waals surface area contributed by atoms with Gasteiger partial charge in [-0.25, -0.2) is 0 Å². The molecule has 0 spiro atoms. The van der Waals surface area contributed by atoms with Crippen LogP contribution in [0.5, 0.6) is 11.5 Å². The largest absolute Gasteiger partial charge is 0.457 e. The van der Waals surface area contributed by atoms with Crippen molar-refractivity contribution >= 4 is 17.1 Å². The molecule has 2 heteroatoms. The van der Waals surface area contributed by atoms with Gasteiger partial charge in [-0.05, 0) is 139 Å². The van der Waals surface area contributed by atoms with Crippen molar-refractivity contribution in [3.05, 3.63) is 234 Å². The molecule has 0 radical (unpaired) electrons. The second kappa shape index (κ2) is 16.3. The molecule has 8 aromatic carbocycles. The Balaban J connectivity index is 1.18. The van der Waals surface area contributed by atoms with Crippen LogP contribution in [0.15, 0.2) is 200 Å². The average molecular weight is 808 g/mol. The van der Waals surface area contributed by atoms with Crippen molar-refractivity contribution in [1.82, 2.24) is 0 Å². The Morgan fingerprint density at radius 1 is 0.452 bits per heavy atom. The maximum absolute atomic E-state index is 6.55. The Hall–Kier alpha value is -6.64. The first-order valence-corrected chi connectivity index (χ1v) is 22.2. The minimum atomic E-state index is -0.597. The van der Waals surface area contributed by atoms with Gasteiger partial charge in [-0.15, -0.1) is 0 Å². The molecule has 0 amide bonds. The molecule has 8 aromatic rings. The van der Waals surface area contributed by atoms with Gasteiger partial charge in [0.2, 0.25) is 0 Å². The predicted octanol–water partition coefficient (Wildman–Crippen LogP) is 16.6. The van der Waals surface area contributed by atoms with Crippen LogP contribution in [0.3, 0.4) is 0 Å². The lowest BCUT2D eigenvalue weighted by Crippen LogP contribution is -2.29. The van der Waals surface area contributed by atoms with Crippen LogP contribution in [0.4, 0.5) is 17.1 Å². The van der Waals surface area contributed by atoms with Gasteiger partial charge in [-0.2, -0.15) is 0 Å². The van der Waals surface area contributed by atoms with Gasteiger partial charge in [-0.3, -0.25) is 0 Å². The number of benzene rings is 8. The summed E-state index contributed by atoms with van der Waals surface area (Å²) >= 11 is 0. The highest BCUT2D eigenvalue weighted by Crippen LogP contribution is 2.57. The lowest BCUT2D eigenvalue weighted by molar-refractivity contribution is 0.399. The van der Waals surface area contributed by atoms with E-state index >= 15 is 0 Å². The Kier molecular flexibility index (Phi) is 10.7. The summed E-state index contributed by atoms with van der Waals surface area (Å²) in [7, 11) is 0. The summed E-state index contributed by atoms with van der Waals surface area (Å²) in [5.74, 6) is 2.29. The van der Waals surface area contributed by atoms with Crippen LogP contribution in [0.25, 0.3) is 22.3 Å². The second-order valence-corrected chi connectivity index (χ2v) is 19.1. The third kappa shape index (κ3) is 7.64. The van der Waals surface area contributed by atoms with Crippen LogP contribution in [0.1, 0.15) is 88.3 Å². The molecular weight excluding hydrogens is 751 g/mol. The quantitative estimate of drug-likeness (QED) is 0.129. The van der Waals surface area contributed by atoms with Gasteiger partial charge < -0.3 is 9.64 Å². The molecule has 2 nitrogen and oxygen atoms in total. The third-order valence-electron chi connectivity index (χ3n) is 12.8. The van der Waals surface area contributed by atoms with E-state index in [-0.39, 0.29) is 10.8 Å². The van der Waals surface area contributed by atoms with E-state index in [9.17, 15) is 0 Å². The van der Waals surface area contributed by atoms with E-state index in [0.717, 1.165) is 35.0 Å². The predicted molar refractivity (Wildman–Crippen MR) is 262 cm³/mol. The van der Waals surface area contributed by atoms with E-state index in [1.54, 1.807) is 0 Å². The highest BCUT2D eigenvalue weighted by atomic mass is 16.5. The van der Waals surface area contributed by atoms with Gasteiger partial charge in [0.1, 0.15) is 11.5 Å². The molecule has 0 heterocycles. The van der Waals surface area contributed by atoms with E-state index in [1.165, 1.54) is 55.6 Å². The van der Waals surface area contributed by atoms with Crippen molar-refractivity contribution in [2.24, 2.45) is 5.92 Å². The zero-order valence-corrected chi connectivity index (χ0v) is 37.2. The van der Waals surface area contributed by atoms with E-state index in [4.69, 9.17) is 4.74 Å². The minimum absolute atomic E-state index is 0.0258. The summed E-state index contributed by atoms with van der Waals surface area (Å²) in [5.41, 5.74) is 15.4. The summed E-state index contributed by atoms with van der Waals surface area (Å²) in [5, 5.41) is 0. The summed E-state index contributed by atoms with van der Waals surface area (Å²) in [4.78, 5) is 2.39. The van der Waals surface area contributed by atoms with Crippen LogP contribution < -0.4 is 9.64 Å². The SMILES string of the molecule is CC(C)CC(C)(C)c1ccc(Oc2ccc(C3(c4ccc(C(C)(C)C)cc4)c4ccccc4-c4ccc(N(c5ccccc5)c5ccc(-c6ccccc6)cc5)cc43)cc2)cc1. The van der Waals surface area contributed by atoms with Crippen LogP contribution >= 0.6 is 0 Å². The van der Waals surface area contributed by atoms with Crippen molar-refractivity contribution in [1.29, 1.82) is 0 Å². The minimum Gasteiger partial charge on any atom is -0.457 e. The standard InChI is InChI=1S/C60H57NO/c1-42(2)41-59(6,7)46-28-35-52(36-29-46)62-53-37-30-48(31-38-53)60(47-26-24-45(25-27-47)58(3,4)5)56-21-15-14-20-54(56)55-39-34-51(40-57(55)60)61(49-18-12-9-13-19-49)50-32-22-44(23-33-50)43-16-10-8-11-17-43/h8-40,42H,41H2,1-7H3. The molecule has 308 valence electrons. The highest BCUT2D eigenvalue weighted by Gasteiger charge is 2.46. The number of anilines is 3. The van der Waals surface area contributed by atoms with E-state index < -0.39 is 5.41 Å². The molecule has 0 aromatic heterocycles. The Morgan fingerprint density at radius 3 is 1.55 bits per heavy atom. The number of ether oxygens (including phenoxy) is 1. The Bertz CT molecular complexity index is 2780. The van der Waals surface area contributed by atoms with Crippen LogP contribution in [0, 0.1) is 5.92 Å². The summed E-state index contributed by atoms with van der Waals surface area (Å²) < 4.78 is 6.55. The zero-order valence-electron chi connectivity index (χ0n) is 37.2. The first-order chi connectivity index (χ1) is 29.9. The summed E-state index contributed by atoms with van der Waals surface area (Å²) in [6.45, 7) is 16.1. The average Bonchev–Trinajstić information content (AvgIpc) is 3.57. The van der Waals surface area contributed by atoms with E-state index in [2.05, 4.69) is 254 Å². The van der Waals surface area contributed by atoms with Crippen LogP contribution in [-0.2, 0) is 16.2 Å². The van der Waals surface area contributed by atoms with Gasteiger partial charge in [-0.1, -0.05) is 188 Å². The molecule has 1 unspecified atom stereocenters. The van der Waals surface area contributed by atoms with Crippen molar-refractivity contribution in [2.75, 3.05) is 4.90 Å². The first kappa shape index (κ1) is 40.7. The smallest absolute Gasteiger partial charge is 0.127 e. The third-order valence-corrected chi connectivity index (χ3v) is 12.8. The molecule has 62 heavy (non-hydrogen) atoms. The molecule has 0 bridgehead atoms. The van der Waals surface area contributed by atoms with Gasteiger partial charge in [0.05, 0.1) is 5.41 Å². The number of rotatable bonds is 11. The van der Waals surface area contributed by atoms with Gasteiger partial charge in [0.25, 0.3) is 0 Å². The maximum atomic E-state index is 6.55. The fourth-order valence-corrected chi connectivity index (χ4v) is 9.89. The number of hydrogen-bond acceptors (Lipinski definition) is 2. The molecule has 1 atom stereocenters. The molecule has 0 saturated heterocycles. The number of para-hydroxylation sites is 1. The fraction of sp³-hybridized carbons (Fsp3) is 0.200. The Labute approximate surface area is 369 Å². The highest BCUT2D eigenvalue weighted by molar-refractivity contribution is 5.89. The Morgan fingerprint density at radius 2 is 0.935 bits per heavy atom. The monoisotopic (exact) mass is 807 g/mol. The number of fused-ring (bicyclic) bond motifs is 3. The molecule has 0 N–H and O–H groups in total. The van der Waals surface area contributed by atoms with E-state index in [1.807, 2.05) is 0 Å². The number of nitrogens with zero attached hydrogens (tertiary/aromatic N) is 1.